The van der Waals surface area contributed by atoms with E-state index in [0.717, 1.165) is 11.3 Å². The lowest BCUT2D eigenvalue weighted by Gasteiger charge is -2.16. The van der Waals surface area contributed by atoms with E-state index >= 15 is 0 Å². The van der Waals surface area contributed by atoms with E-state index in [0.29, 0.717) is 11.6 Å². The molecule has 0 aliphatic heterocycles. The van der Waals surface area contributed by atoms with Crippen LogP contribution in [0, 0.1) is 0 Å². The number of halogens is 1. The Morgan fingerprint density at radius 2 is 2.15 bits per heavy atom. The zero-order valence-electron chi connectivity index (χ0n) is 11.4. The van der Waals surface area contributed by atoms with Gasteiger partial charge in [-0.2, -0.15) is 5.10 Å². The van der Waals surface area contributed by atoms with Crippen molar-refractivity contribution >= 4 is 17.6 Å². The van der Waals surface area contributed by atoms with Gasteiger partial charge in [-0.1, -0.05) is 29.8 Å². The van der Waals surface area contributed by atoms with Crippen LogP contribution in [0.3, 0.4) is 0 Å². The summed E-state index contributed by atoms with van der Waals surface area (Å²) in [5, 5.41) is 10.3. The lowest BCUT2D eigenvalue weighted by Crippen LogP contribution is -2.37. The molecule has 1 unspecified atom stereocenters. The van der Waals surface area contributed by atoms with E-state index in [4.69, 9.17) is 11.6 Å². The highest BCUT2D eigenvalue weighted by molar-refractivity contribution is 6.31. The predicted octanol–water partition coefficient (Wildman–Crippen LogP) is 2.63. The average Bonchev–Trinajstić information content (AvgIpc) is 2.82. The largest absolute Gasteiger partial charge is 0.333 e. The van der Waals surface area contributed by atoms with Gasteiger partial charge in [-0.05, 0) is 24.6 Å². The average molecular weight is 293 g/mol. The molecule has 0 radical (unpaired) electrons. The molecule has 6 heteroatoms. The van der Waals surface area contributed by atoms with Crippen LogP contribution in [0.25, 0.3) is 0 Å². The monoisotopic (exact) mass is 292 g/mol. The van der Waals surface area contributed by atoms with Gasteiger partial charge in [0.2, 0.25) is 0 Å². The highest BCUT2D eigenvalue weighted by atomic mass is 35.5. The van der Waals surface area contributed by atoms with Crippen molar-refractivity contribution in [2.24, 2.45) is 7.05 Å². The summed E-state index contributed by atoms with van der Waals surface area (Å²) in [7, 11) is 1.83. The molecule has 0 fully saturated rings. The van der Waals surface area contributed by atoms with Crippen LogP contribution in [0.15, 0.2) is 36.5 Å². The molecule has 1 atom stereocenters. The summed E-state index contributed by atoms with van der Waals surface area (Å²) in [6, 6.07) is 8.93. The third-order valence-electron chi connectivity index (χ3n) is 3.07. The molecule has 1 heterocycles. The minimum absolute atomic E-state index is 0.157. The predicted molar refractivity (Wildman–Crippen MR) is 78.4 cm³/mol. The van der Waals surface area contributed by atoms with Crippen LogP contribution in [-0.2, 0) is 13.6 Å². The second-order valence-electron chi connectivity index (χ2n) is 4.52. The Bertz CT molecular complexity index is 596. The Balaban J connectivity index is 1.88. The normalized spacial score (nSPS) is 11.9. The summed E-state index contributed by atoms with van der Waals surface area (Å²) >= 11 is 6.10. The second-order valence-corrected chi connectivity index (χ2v) is 4.92. The standard InChI is InChI=1S/C14H17ClN4O/c1-10(12-5-3-4-6-13(12)15)18-14(20)16-9-11-7-8-17-19(11)2/h3-8,10H,9H2,1-2H3,(H2,16,18,20). The van der Waals surface area contributed by atoms with E-state index in [2.05, 4.69) is 15.7 Å². The first-order valence-corrected chi connectivity index (χ1v) is 6.71. The van der Waals surface area contributed by atoms with Crippen LogP contribution in [0.4, 0.5) is 4.79 Å². The van der Waals surface area contributed by atoms with Crippen LogP contribution in [0.5, 0.6) is 0 Å². The van der Waals surface area contributed by atoms with Gasteiger partial charge >= 0.3 is 6.03 Å². The molecule has 2 rings (SSSR count). The summed E-state index contributed by atoms with van der Waals surface area (Å²) in [6.45, 7) is 2.32. The van der Waals surface area contributed by atoms with Crippen molar-refractivity contribution < 1.29 is 4.79 Å². The fraction of sp³-hybridized carbons (Fsp3) is 0.286. The lowest BCUT2D eigenvalue weighted by atomic mass is 10.1. The fourth-order valence-corrected chi connectivity index (χ4v) is 2.20. The summed E-state index contributed by atoms with van der Waals surface area (Å²) in [5.41, 5.74) is 1.83. The molecular weight excluding hydrogens is 276 g/mol. The van der Waals surface area contributed by atoms with Crippen molar-refractivity contribution in [3.63, 3.8) is 0 Å². The molecule has 2 N–H and O–H groups in total. The molecule has 0 bridgehead atoms. The number of rotatable bonds is 4. The Morgan fingerprint density at radius 1 is 1.40 bits per heavy atom. The van der Waals surface area contributed by atoms with Gasteiger partial charge in [-0.15, -0.1) is 0 Å². The summed E-state index contributed by atoms with van der Waals surface area (Å²) in [4.78, 5) is 11.8. The third kappa shape index (κ3) is 3.51. The number of aryl methyl sites for hydroxylation is 1. The van der Waals surface area contributed by atoms with E-state index < -0.39 is 0 Å². The molecule has 5 nitrogen and oxygen atoms in total. The highest BCUT2D eigenvalue weighted by Gasteiger charge is 2.12. The van der Waals surface area contributed by atoms with Crippen LogP contribution >= 0.6 is 11.6 Å². The zero-order valence-corrected chi connectivity index (χ0v) is 12.2. The maximum absolute atomic E-state index is 11.8. The minimum Gasteiger partial charge on any atom is -0.333 e. The van der Waals surface area contributed by atoms with Gasteiger partial charge < -0.3 is 10.6 Å². The van der Waals surface area contributed by atoms with Crippen LogP contribution < -0.4 is 10.6 Å². The van der Waals surface area contributed by atoms with E-state index in [1.807, 2.05) is 44.3 Å². The van der Waals surface area contributed by atoms with E-state index in [-0.39, 0.29) is 12.1 Å². The first-order valence-electron chi connectivity index (χ1n) is 6.33. The quantitative estimate of drug-likeness (QED) is 0.910. The Kier molecular flexibility index (Phi) is 4.63. The highest BCUT2D eigenvalue weighted by Crippen LogP contribution is 2.21. The molecule has 106 valence electrons. The van der Waals surface area contributed by atoms with Crippen molar-refractivity contribution in [1.29, 1.82) is 0 Å². The second kappa shape index (κ2) is 6.43. The Morgan fingerprint density at radius 3 is 2.80 bits per heavy atom. The number of carbonyl (C=O) groups is 1. The summed E-state index contributed by atoms with van der Waals surface area (Å²) in [6.07, 6.45) is 1.70. The van der Waals surface area contributed by atoms with Gasteiger partial charge in [-0.25, -0.2) is 4.79 Å². The van der Waals surface area contributed by atoms with Gasteiger partial charge in [-0.3, -0.25) is 4.68 Å². The maximum Gasteiger partial charge on any atom is 0.315 e. The smallest absolute Gasteiger partial charge is 0.315 e. The number of hydrogen-bond acceptors (Lipinski definition) is 2. The summed E-state index contributed by atoms with van der Waals surface area (Å²) in [5.74, 6) is 0. The van der Waals surface area contributed by atoms with Crippen LogP contribution in [-0.4, -0.2) is 15.8 Å². The Labute approximate surface area is 122 Å². The molecular formula is C14H17ClN4O. The van der Waals surface area contributed by atoms with E-state index in [9.17, 15) is 4.79 Å². The number of benzene rings is 1. The van der Waals surface area contributed by atoms with Crippen molar-refractivity contribution in [1.82, 2.24) is 20.4 Å². The number of nitrogens with one attached hydrogen (secondary N) is 2. The number of urea groups is 1. The molecule has 0 saturated heterocycles. The molecule has 2 amide bonds. The number of carbonyl (C=O) groups excluding carboxylic acids is 1. The van der Waals surface area contributed by atoms with Crippen molar-refractivity contribution in [3.05, 3.63) is 52.8 Å². The number of hydrogen-bond donors (Lipinski definition) is 2. The lowest BCUT2D eigenvalue weighted by molar-refractivity contribution is 0.237. The van der Waals surface area contributed by atoms with Gasteiger partial charge in [0.15, 0.2) is 0 Å². The van der Waals surface area contributed by atoms with Crippen molar-refractivity contribution in [2.45, 2.75) is 19.5 Å². The van der Waals surface area contributed by atoms with Gasteiger partial charge in [0.1, 0.15) is 0 Å². The molecule has 1 aromatic heterocycles. The van der Waals surface area contributed by atoms with Crippen molar-refractivity contribution in [2.75, 3.05) is 0 Å². The Hall–Kier alpha value is -2.01. The topological polar surface area (TPSA) is 59.0 Å². The van der Waals surface area contributed by atoms with E-state index in [1.54, 1.807) is 10.9 Å². The third-order valence-corrected chi connectivity index (χ3v) is 3.42. The van der Waals surface area contributed by atoms with Gasteiger partial charge in [0.05, 0.1) is 18.3 Å². The summed E-state index contributed by atoms with van der Waals surface area (Å²) < 4.78 is 1.72. The van der Waals surface area contributed by atoms with Crippen LogP contribution in [0.2, 0.25) is 5.02 Å². The molecule has 20 heavy (non-hydrogen) atoms. The molecule has 0 aliphatic carbocycles. The minimum atomic E-state index is -0.237. The molecule has 0 saturated carbocycles. The number of aromatic nitrogens is 2. The van der Waals surface area contributed by atoms with Gasteiger partial charge in [0.25, 0.3) is 0 Å². The molecule has 1 aromatic carbocycles. The van der Waals surface area contributed by atoms with Crippen LogP contribution in [0.1, 0.15) is 24.2 Å². The number of amides is 2. The van der Waals surface area contributed by atoms with E-state index in [1.165, 1.54) is 0 Å². The first kappa shape index (κ1) is 14.4. The SMILES string of the molecule is CC(NC(=O)NCc1ccnn1C)c1ccccc1Cl. The fourth-order valence-electron chi connectivity index (χ4n) is 1.90. The molecule has 0 spiro atoms. The molecule has 2 aromatic rings. The molecule has 0 aliphatic rings. The van der Waals surface area contributed by atoms with Crippen molar-refractivity contribution in [3.8, 4) is 0 Å². The maximum atomic E-state index is 11.8. The first-order chi connectivity index (χ1) is 9.58. The van der Waals surface area contributed by atoms with Gasteiger partial charge in [0, 0.05) is 18.3 Å². The zero-order chi connectivity index (χ0) is 14.5. The number of nitrogens with zero attached hydrogens (tertiary/aromatic N) is 2.